The van der Waals surface area contributed by atoms with E-state index in [-0.39, 0.29) is 22.6 Å². The fraction of sp³-hybridized carbons (Fsp3) is 0.526. The van der Waals surface area contributed by atoms with Crippen LogP contribution in [0.2, 0.25) is 0 Å². The molecule has 0 spiro atoms. The Morgan fingerprint density at radius 3 is 2.31 bits per heavy atom. The fourth-order valence-corrected chi connectivity index (χ4v) is 3.33. The number of hydrogen-bond acceptors (Lipinski definition) is 6. The summed E-state index contributed by atoms with van der Waals surface area (Å²) in [5.74, 6) is -1.36. The van der Waals surface area contributed by atoms with Crippen LogP contribution in [0.15, 0.2) is 24.3 Å². The van der Waals surface area contributed by atoms with Gasteiger partial charge in [0.15, 0.2) is 11.2 Å². The minimum Gasteiger partial charge on any atom is -0.479 e. The van der Waals surface area contributed by atoms with Crippen LogP contribution < -0.4 is 0 Å². The molecule has 26 heavy (non-hydrogen) atoms. The Hall–Kier alpha value is -1.47. The number of rotatable bonds is 7. The first-order valence-electron chi connectivity index (χ1n) is 8.38. The summed E-state index contributed by atoms with van der Waals surface area (Å²) in [5.41, 5.74) is -0.895. The van der Waals surface area contributed by atoms with Crippen molar-refractivity contribution in [2.24, 2.45) is 11.3 Å². The van der Waals surface area contributed by atoms with Gasteiger partial charge in [-0.2, -0.15) is 0 Å². The van der Waals surface area contributed by atoms with Crippen molar-refractivity contribution in [2.75, 3.05) is 6.61 Å². The fourth-order valence-electron chi connectivity index (χ4n) is 1.97. The molecule has 2 unspecified atom stereocenters. The number of carbonyl (C=O) groups excluding carboxylic acids is 2. The maximum absolute atomic E-state index is 13.0. The molecule has 0 radical (unpaired) electrons. The normalized spacial score (nSPS) is 13.6. The van der Waals surface area contributed by atoms with Gasteiger partial charge in [0.1, 0.15) is 5.82 Å². The molecule has 7 heteroatoms. The molecule has 144 valence electrons. The van der Waals surface area contributed by atoms with Crippen molar-refractivity contribution in [3.05, 3.63) is 35.6 Å². The molecular weight excluding hydrogens is 375 g/mol. The van der Waals surface area contributed by atoms with Crippen molar-refractivity contribution in [3.63, 3.8) is 0 Å². The first-order valence-corrected chi connectivity index (χ1v) is 9.67. The second-order valence-electron chi connectivity index (χ2n) is 6.89. The zero-order valence-electron chi connectivity index (χ0n) is 15.7. The second kappa shape index (κ2) is 10.0. The number of thioether (sulfide) groups is 1. The van der Waals surface area contributed by atoms with Crippen molar-refractivity contribution in [3.8, 4) is 0 Å². The number of benzene rings is 1. The van der Waals surface area contributed by atoms with Gasteiger partial charge in [0.2, 0.25) is 4.38 Å². The van der Waals surface area contributed by atoms with Gasteiger partial charge in [-0.25, -0.2) is 4.39 Å². The van der Waals surface area contributed by atoms with Crippen LogP contribution in [0.3, 0.4) is 0 Å². The summed E-state index contributed by atoms with van der Waals surface area (Å²) in [5, 5.41) is 0. The molecule has 1 rings (SSSR count). The van der Waals surface area contributed by atoms with E-state index in [0.29, 0.717) is 12.2 Å². The summed E-state index contributed by atoms with van der Waals surface area (Å²) in [6, 6.07) is 5.39. The van der Waals surface area contributed by atoms with Crippen LogP contribution in [0, 0.1) is 17.2 Å². The molecule has 0 N–H and O–H groups in total. The Morgan fingerprint density at radius 2 is 1.81 bits per heavy atom. The molecule has 0 bridgehead atoms. The SMILES string of the molecule is CCOC(=S)SC(CC(C)C(=O)c1ccc(F)cc1)OC(=O)C(C)(C)C. The summed E-state index contributed by atoms with van der Waals surface area (Å²) in [4.78, 5) is 24.8. The summed E-state index contributed by atoms with van der Waals surface area (Å²) in [7, 11) is 0. The van der Waals surface area contributed by atoms with E-state index in [2.05, 4.69) is 0 Å². The Balaban J connectivity index is 2.84. The van der Waals surface area contributed by atoms with E-state index < -0.39 is 22.6 Å². The van der Waals surface area contributed by atoms with Gasteiger partial charge in [0.05, 0.1) is 12.0 Å². The van der Waals surface area contributed by atoms with Crippen LogP contribution in [-0.4, -0.2) is 28.2 Å². The van der Waals surface area contributed by atoms with Gasteiger partial charge < -0.3 is 9.47 Å². The van der Waals surface area contributed by atoms with Crippen molar-refractivity contribution >= 4 is 40.1 Å². The molecule has 2 atom stereocenters. The van der Waals surface area contributed by atoms with Gasteiger partial charge in [-0.1, -0.05) is 6.92 Å². The number of carbonyl (C=O) groups is 2. The maximum atomic E-state index is 13.0. The predicted molar refractivity (Wildman–Crippen MR) is 106 cm³/mol. The predicted octanol–water partition coefficient (Wildman–Crippen LogP) is 5.00. The van der Waals surface area contributed by atoms with E-state index >= 15 is 0 Å². The van der Waals surface area contributed by atoms with Crippen LogP contribution in [0.1, 0.15) is 51.4 Å². The van der Waals surface area contributed by atoms with Crippen molar-refractivity contribution in [1.82, 2.24) is 0 Å². The number of ketones is 1. The zero-order valence-corrected chi connectivity index (χ0v) is 17.3. The molecular formula is C19H25FO4S2. The molecule has 0 heterocycles. The van der Waals surface area contributed by atoms with Gasteiger partial charge in [-0.15, -0.1) is 0 Å². The van der Waals surface area contributed by atoms with Gasteiger partial charge in [0, 0.05) is 17.9 Å². The number of halogens is 1. The van der Waals surface area contributed by atoms with Crippen LogP contribution in [0.4, 0.5) is 4.39 Å². The smallest absolute Gasteiger partial charge is 0.312 e. The molecule has 0 aromatic heterocycles. The topological polar surface area (TPSA) is 52.6 Å². The Bertz CT molecular complexity index is 638. The Morgan fingerprint density at radius 1 is 1.23 bits per heavy atom. The molecule has 1 aromatic rings. The summed E-state index contributed by atoms with van der Waals surface area (Å²) in [6.45, 7) is 9.23. The van der Waals surface area contributed by atoms with Gasteiger partial charge in [0.25, 0.3) is 0 Å². The van der Waals surface area contributed by atoms with E-state index in [0.717, 1.165) is 11.8 Å². The monoisotopic (exact) mass is 400 g/mol. The quantitative estimate of drug-likeness (QED) is 0.278. The molecule has 1 aromatic carbocycles. The summed E-state index contributed by atoms with van der Waals surface area (Å²) >= 11 is 6.24. The Labute approximate surface area is 163 Å². The summed E-state index contributed by atoms with van der Waals surface area (Å²) < 4.78 is 24.1. The maximum Gasteiger partial charge on any atom is 0.312 e. The molecule has 0 aliphatic rings. The average Bonchev–Trinajstić information content (AvgIpc) is 2.54. The van der Waals surface area contributed by atoms with Crippen molar-refractivity contribution in [2.45, 2.75) is 46.5 Å². The first kappa shape index (κ1) is 22.6. The molecule has 4 nitrogen and oxygen atoms in total. The molecule has 0 fully saturated rings. The largest absolute Gasteiger partial charge is 0.479 e. The standard InChI is InChI=1S/C19H25FO4S2/c1-6-23-18(25)26-15(24-17(22)19(3,4)5)11-12(2)16(21)13-7-9-14(20)10-8-13/h7-10,12,15H,6,11H2,1-5H3. The molecule has 0 amide bonds. The average molecular weight is 401 g/mol. The second-order valence-corrected chi connectivity index (χ2v) is 8.66. The lowest BCUT2D eigenvalue weighted by Crippen LogP contribution is -2.29. The minimum absolute atomic E-state index is 0.148. The van der Waals surface area contributed by atoms with Gasteiger partial charge >= 0.3 is 5.97 Å². The summed E-state index contributed by atoms with van der Waals surface area (Å²) in [6.07, 6.45) is 0.274. The lowest BCUT2D eigenvalue weighted by molar-refractivity contribution is -0.154. The zero-order chi connectivity index (χ0) is 19.9. The van der Waals surface area contributed by atoms with E-state index in [9.17, 15) is 14.0 Å². The van der Waals surface area contributed by atoms with Gasteiger partial charge in [-0.05, 0) is 75.9 Å². The minimum atomic E-state index is -0.670. The highest BCUT2D eigenvalue weighted by molar-refractivity contribution is 8.22. The number of ether oxygens (including phenoxy) is 2. The third kappa shape index (κ3) is 7.41. The molecule has 0 saturated heterocycles. The van der Waals surface area contributed by atoms with Crippen LogP contribution in [-0.2, 0) is 14.3 Å². The molecule has 0 saturated carbocycles. The van der Waals surface area contributed by atoms with Crippen molar-refractivity contribution in [1.29, 1.82) is 0 Å². The first-order chi connectivity index (χ1) is 12.0. The van der Waals surface area contributed by atoms with E-state index in [1.54, 1.807) is 27.7 Å². The van der Waals surface area contributed by atoms with Crippen LogP contribution in [0.25, 0.3) is 0 Å². The highest BCUT2D eigenvalue weighted by Gasteiger charge is 2.30. The lowest BCUT2D eigenvalue weighted by atomic mass is 9.96. The Kier molecular flexibility index (Phi) is 8.70. The number of hydrogen-bond donors (Lipinski definition) is 0. The highest BCUT2D eigenvalue weighted by atomic mass is 32.2. The van der Waals surface area contributed by atoms with E-state index in [4.69, 9.17) is 21.7 Å². The highest BCUT2D eigenvalue weighted by Crippen LogP contribution is 2.28. The third-order valence-corrected chi connectivity index (χ3v) is 4.73. The van der Waals surface area contributed by atoms with Crippen LogP contribution in [0.5, 0.6) is 0 Å². The van der Waals surface area contributed by atoms with Gasteiger partial charge in [-0.3, -0.25) is 9.59 Å². The lowest BCUT2D eigenvalue weighted by Gasteiger charge is -2.24. The number of thiocarbonyl (C=S) groups is 1. The number of Topliss-reactive ketones (excluding diaryl/α,β-unsaturated/α-hetero) is 1. The third-order valence-electron chi connectivity index (χ3n) is 3.46. The van der Waals surface area contributed by atoms with Crippen LogP contribution >= 0.6 is 24.0 Å². The molecule has 0 aliphatic heterocycles. The molecule has 0 aliphatic carbocycles. The van der Waals surface area contributed by atoms with Crippen molar-refractivity contribution < 1.29 is 23.5 Å². The van der Waals surface area contributed by atoms with E-state index in [1.165, 1.54) is 24.3 Å². The van der Waals surface area contributed by atoms with E-state index in [1.807, 2.05) is 6.92 Å². The number of esters is 1.